The molecule has 1 aromatic heterocycles. The van der Waals surface area contributed by atoms with Gasteiger partial charge in [-0.2, -0.15) is 15.4 Å². The van der Waals surface area contributed by atoms with E-state index in [1.54, 1.807) is 6.20 Å². The summed E-state index contributed by atoms with van der Waals surface area (Å²) < 4.78 is 5.55. The third-order valence-electron chi connectivity index (χ3n) is 2.05. The Labute approximate surface area is 88.3 Å². The Balaban J connectivity index is 1.68. The van der Waals surface area contributed by atoms with E-state index in [0.29, 0.717) is 6.61 Å². The lowest BCUT2D eigenvalue weighted by molar-refractivity contribution is 0.310. The molecule has 0 radical (unpaired) electrons. The molecular weight excluding hydrogens is 190 g/mol. The molecule has 0 saturated heterocycles. The van der Waals surface area contributed by atoms with E-state index in [1.807, 2.05) is 30.3 Å². The van der Waals surface area contributed by atoms with Crippen LogP contribution in [0.3, 0.4) is 0 Å². The first-order chi connectivity index (χ1) is 7.45. The Morgan fingerprint density at radius 3 is 2.80 bits per heavy atom. The number of nitrogens with zero attached hydrogens (tertiary/aromatic N) is 2. The van der Waals surface area contributed by atoms with Gasteiger partial charge in [0, 0.05) is 0 Å². The quantitative estimate of drug-likeness (QED) is 0.754. The summed E-state index contributed by atoms with van der Waals surface area (Å²) in [5.41, 5.74) is 0.978. The van der Waals surface area contributed by atoms with E-state index in [0.717, 1.165) is 24.3 Å². The zero-order valence-corrected chi connectivity index (χ0v) is 8.39. The number of aromatic amines is 1. The van der Waals surface area contributed by atoms with E-state index in [2.05, 4.69) is 15.4 Å². The van der Waals surface area contributed by atoms with Gasteiger partial charge in [0.2, 0.25) is 0 Å². The highest BCUT2D eigenvalue weighted by molar-refractivity contribution is 5.20. The summed E-state index contributed by atoms with van der Waals surface area (Å²) in [5, 5.41) is 10.3. The minimum Gasteiger partial charge on any atom is -0.494 e. The first-order valence-electron chi connectivity index (χ1n) is 4.97. The van der Waals surface area contributed by atoms with Crippen molar-refractivity contribution >= 4 is 0 Å². The zero-order valence-electron chi connectivity index (χ0n) is 8.39. The number of hydrogen-bond donors (Lipinski definition) is 1. The molecule has 78 valence electrons. The minimum atomic E-state index is 0.705. The predicted octanol–water partition coefficient (Wildman–Crippen LogP) is 1.82. The molecule has 2 aromatic rings. The van der Waals surface area contributed by atoms with Gasteiger partial charge in [-0.15, -0.1) is 0 Å². The third kappa shape index (κ3) is 3.09. The number of benzene rings is 1. The van der Waals surface area contributed by atoms with Crippen molar-refractivity contribution < 1.29 is 4.74 Å². The maximum Gasteiger partial charge on any atom is 0.119 e. The van der Waals surface area contributed by atoms with Gasteiger partial charge in [0.15, 0.2) is 0 Å². The second-order valence-electron chi connectivity index (χ2n) is 3.23. The highest BCUT2D eigenvalue weighted by Gasteiger charge is 1.96. The fourth-order valence-electron chi connectivity index (χ4n) is 1.31. The summed E-state index contributed by atoms with van der Waals surface area (Å²) in [6, 6.07) is 9.81. The van der Waals surface area contributed by atoms with Crippen molar-refractivity contribution in [2.45, 2.75) is 12.8 Å². The molecule has 1 heterocycles. The molecule has 0 aliphatic rings. The van der Waals surface area contributed by atoms with E-state index in [4.69, 9.17) is 4.74 Å². The number of hydrogen-bond acceptors (Lipinski definition) is 3. The first-order valence-corrected chi connectivity index (χ1v) is 4.97. The van der Waals surface area contributed by atoms with Crippen molar-refractivity contribution in [1.82, 2.24) is 15.4 Å². The SMILES string of the molecule is c1ccc(OCCCc2cn[nH]n2)cc1. The van der Waals surface area contributed by atoms with Crippen LogP contribution in [0, 0.1) is 0 Å². The van der Waals surface area contributed by atoms with Gasteiger partial charge in [-0.3, -0.25) is 0 Å². The van der Waals surface area contributed by atoms with Crippen molar-refractivity contribution in [2.75, 3.05) is 6.61 Å². The number of para-hydroxylation sites is 1. The van der Waals surface area contributed by atoms with E-state index >= 15 is 0 Å². The Hall–Kier alpha value is -1.84. The fraction of sp³-hybridized carbons (Fsp3) is 0.273. The first kappa shape index (κ1) is 9.71. The molecule has 15 heavy (non-hydrogen) atoms. The minimum absolute atomic E-state index is 0.705. The number of ether oxygens (including phenoxy) is 1. The van der Waals surface area contributed by atoms with Crippen LogP contribution < -0.4 is 4.74 Å². The van der Waals surface area contributed by atoms with E-state index in [-0.39, 0.29) is 0 Å². The van der Waals surface area contributed by atoms with Crippen molar-refractivity contribution in [2.24, 2.45) is 0 Å². The zero-order chi connectivity index (χ0) is 10.3. The number of aryl methyl sites for hydroxylation is 1. The molecule has 0 atom stereocenters. The number of nitrogens with one attached hydrogen (secondary N) is 1. The second-order valence-corrected chi connectivity index (χ2v) is 3.23. The molecule has 0 bridgehead atoms. The summed E-state index contributed by atoms with van der Waals surface area (Å²) in [5.74, 6) is 0.914. The van der Waals surface area contributed by atoms with Gasteiger partial charge in [-0.1, -0.05) is 18.2 Å². The second kappa shape index (κ2) is 5.14. The lowest BCUT2D eigenvalue weighted by Gasteiger charge is -2.04. The van der Waals surface area contributed by atoms with E-state index in [1.165, 1.54) is 0 Å². The van der Waals surface area contributed by atoms with Crippen molar-refractivity contribution in [3.63, 3.8) is 0 Å². The predicted molar refractivity (Wildman–Crippen MR) is 56.6 cm³/mol. The molecule has 0 fully saturated rings. The summed E-state index contributed by atoms with van der Waals surface area (Å²) in [4.78, 5) is 0. The van der Waals surface area contributed by atoms with Crippen LogP contribution >= 0.6 is 0 Å². The lowest BCUT2D eigenvalue weighted by atomic mass is 10.2. The number of aromatic nitrogens is 3. The molecule has 0 amide bonds. The van der Waals surface area contributed by atoms with Gasteiger partial charge in [0.1, 0.15) is 5.75 Å². The van der Waals surface area contributed by atoms with E-state index in [9.17, 15) is 0 Å². The van der Waals surface area contributed by atoms with Gasteiger partial charge in [0.25, 0.3) is 0 Å². The molecule has 0 aliphatic carbocycles. The monoisotopic (exact) mass is 203 g/mol. The Morgan fingerprint density at radius 2 is 2.07 bits per heavy atom. The van der Waals surface area contributed by atoms with Crippen LogP contribution in [0.25, 0.3) is 0 Å². The van der Waals surface area contributed by atoms with Gasteiger partial charge in [0.05, 0.1) is 18.5 Å². The summed E-state index contributed by atoms with van der Waals surface area (Å²) in [6.07, 6.45) is 3.58. The molecule has 0 saturated carbocycles. The molecule has 2 rings (SSSR count). The highest BCUT2D eigenvalue weighted by atomic mass is 16.5. The molecule has 1 N–H and O–H groups in total. The van der Waals surface area contributed by atoms with Gasteiger partial charge < -0.3 is 4.74 Å². The van der Waals surface area contributed by atoms with Crippen LogP contribution in [-0.2, 0) is 6.42 Å². The smallest absolute Gasteiger partial charge is 0.119 e. The molecule has 4 nitrogen and oxygen atoms in total. The van der Waals surface area contributed by atoms with Crippen LogP contribution in [0.5, 0.6) is 5.75 Å². The van der Waals surface area contributed by atoms with Crippen LogP contribution in [0.15, 0.2) is 36.5 Å². The molecule has 0 spiro atoms. The van der Waals surface area contributed by atoms with Crippen LogP contribution in [0.2, 0.25) is 0 Å². The van der Waals surface area contributed by atoms with Crippen LogP contribution in [0.1, 0.15) is 12.1 Å². The average Bonchev–Trinajstić information content (AvgIpc) is 2.79. The lowest BCUT2D eigenvalue weighted by Crippen LogP contribution is -1.99. The molecule has 0 aliphatic heterocycles. The average molecular weight is 203 g/mol. The van der Waals surface area contributed by atoms with Gasteiger partial charge in [-0.25, -0.2) is 0 Å². The largest absolute Gasteiger partial charge is 0.494 e. The summed E-state index contributed by atoms with van der Waals surface area (Å²) >= 11 is 0. The van der Waals surface area contributed by atoms with Crippen LogP contribution in [-0.4, -0.2) is 22.0 Å². The highest BCUT2D eigenvalue weighted by Crippen LogP contribution is 2.08. The molecular formula is C11H13N3O. The number of rotatable bonds is 5. The van der Waals surface area contributed by atoms with E-state index < -0.39 is 0 Å². The summed E-state index contributed by atoms with van der Waals surface area (Å²) in [6.45, 7) is 0.705. The maximum atomic E-state index is 5.55. The van der Waals surface area contributed by atoms with Crippen molar-refractivity contribution in [3.8, 4) is 5.75 Å². The van der Waals surface area contributed by atoms with Crippen molar-refractivity contribution in [1.29, 1.82) is 0 Å². The maximum absolute atomic E-state index is 5.55. The summed E-state index contributed by atoms with van der Waals surface area (Å²) in [7, 11) is 0. The fourth-order valence-corrected chi connectivity index (χ4v) is 1.31. The number of H-pyrrole nitrogens is 1. The molecule has 0 unspecified atom stereocenters. The Kier molecular flexibility index (Phi) is 3.33. The topological polar surface area (TPSA) is 50.8 Å². The molecule has 1 aromatic carbocycles. The van der Waals surface area contributed by atoms with Gasteiger partial charge >= 0.3 is 0 Å². The third-order valence-corrected chi connectivity index (χ3v) is 2.05. The Bertz CT molecular complexity index is 372. The van der Waals surface area contributed by atoms with Crippen molar-refractivity contribution in [3.05, 3.63) is 42.2 Å². The standard InChI is InChI=1S/C11H13N3O/c1-2-6-11(7-3-1)15-8-4-5-10-9-12-14-13-10/h1-3,6-7,9H,4-5,8H2,(H,12,13,14). The van der Waals surface area contributed by atoms with Crippen LogP contribution in [0.4, 0.5) is 0 Å². The normalized spacial score (nSPS) is 10.1. The Morgan fingerprint density at radius 1 is 1.20 bits per heavy atom. The molecule has 4 heteroatoms. The van der Waals surface area contributed by atoms with Gasteiger partial charge in [-0.05, 0) is 25.0 Å².